The summed E-state index contributed by atoms with van der Waals surface area (Å²) < 4.78 is 25.9. The summed E-state index contributed by atoms with van der Waals surface area (Å²) in [5, 5.41) is 3.25. The van der Waals surface area contributed by atoms with E-state index in [1.165, 1.54) is 17.4 Å². The molecule has 0 aliphatic rings. The van der Waals surface area contributed by atoms with Gasteiger partial charge in [0.15, 0.2) is 4.47 Å². The number of halogens is 3. The van der Waals surface area contributed by atoms with Crippen molar-refractivity contribution < 1.29 is 8.78 Å². The van der Waals surface area contributed by atoms with Crippen LogP contribution in [-0.2, 0) is 6.54 Å². The number of nitrogens with one attached hydrogen (secondary N) is 1. The minimum Gasteiger partial charge on any atom is -0.380 e. The Labute approximate surface area is 141 Å². The zero-order chi connectivity index (χ0) is 16.2. The van der Waals surface area contributed by atoms with E-state index in [1.54, 1.807) is 18.3 Å². The van der Waals surface area contributed by atoms with E-state index in [-0.39, 0.29) is 5.69 Å². The molecule has 0 spiro atoms. The van der Waals surface area contributed by atoms with Gasteiger partial charge in [0.05, 0.1) is 12.2 Å². The van der Waals surface area contributed by atoms with Crippen molar-refractivity contribution in [1.82, 2.24) is 9.97 Å². The molecule has 3 aromatic rings. The second-order valence-corrected chi connectivity index (χ2v) is 6.46. The van der Waals surface area contributed by atoms with Gasteiger partial charge in [0.2, 0.25) is 0 Å². The van der Waals surface area contributed by atoms with Gasteiger partial charge in [-0.05, 0) is 24.3 Å². The molecule has 0 amide bonds. The highest BCUT2D eigenvalue weighted by molar-refractivity contribution is 7.15. The van der Waals surface area contributed by atoms with Crippen LogP contribution >= 0.6 is 22.9 Å². The van der Waals surface area contributed by atoms with E-state index in [9.17, 15) is 8.78 Å². The van der Waals surface area contributed by atoms with Crippen molar-refractivity contribution in [2.75, 3.05) is 5.32 Å². The third-order valence-corrected chi connectivity index (χ3v) is 4.28. The lowest BCUT2D eigenvalue weighted by Crippen LogP contribution is -1.97. The van der Waals surface area contributed by atoms with Crippen LogP contribution in [0.15, 0.2) is 48.7 Å². The molecule has 23 heavy (non-hydrogen) atoms. The molecule has 1 N–H and O–H groups in total. The first-order valence-corrected chi connectivity index (χ1v) is 8.01. The maximum atomic E-state index is 12.7. The fourth-order valence-corrected chi connectivity index (χ4v) is 2.96. The van der Waals surface area contributed by atoms with Crippen LogP contribution in [0.4, 0.5) is 14.5 Å². The molecule has 0 saturated heterocycles. The van der Waals surface area contributed by atoms with Crippen LogP contribution in [0.1, 0.15) is 17.0 Å². The van der Waals surface area contributed by atoms with E-state index in [2.05, 4.69) is 15.3 Å². The van der Waals surface area contributed by atoms with Crippen molar-refractivity contribution >= 4 is 28.6 Å². The number of alkyl halides is 2. The molecule has 0 bridgehead atoms. The van der Waals surface area contributed by atoms with E-state index >= 15 is 0 Å². The molecule has 0 atom stereocenters. The second kappa shape index (κ2) is 7.02. The molecule has 0 unspecified atom stereocenters. The van der Waals surface area contributed by atoms with E-state index in [0.717, 1.165) is 16.1 Å². The molecule has 1 aromatic carbocycles. The molecule has 0 fully saturated rings. The zero-order valence-corrected chi connectivity index (χ0v) is 13.4. The predicted octanol–water partition coefficient (Wildman–Crippen LogP) is 5.41. The molecule has 2 heterocycles. The summed E-state index contributed by atoms with van der Waals surface area (Å²) in [6.45, 7) is 0.628. The lowest BCUT2D eigenvalue weighted by molar-refractivity contribution is 0.146. The van der Waals surface area contributed by atoms with E-state index in [1.807, 2.05) is 24.3 Å². The third kappa shape index (κ3) is 4.03. The number of hydrogen-bond donors (Lipinski definition) is 1. The Hall–Kier alpha value is -2.05. The second-order valence-electron chi connectivity index (χ2n) is 4.76. The monoisotopic (exact) mass is 351 g/mol. The summed E-state index contributed by atoms with van der Waals surface area (Å²) in [7, 11) is 0. The van der Waals surface area contributed by atoms with Crippen molar-refractivity contribution in [3.8, 4) is 11.3 Å². The number of hydrogen-bond acceptors (Lipinski definition) is 4. The van der Waals surface area contributed by atoms with Gasteiger partial charge in [-0.25, -0.2) is 18.7 Å². The molecular weight excluding hydrogens is 340 g/mol. The average Bonchev–Trinajstić information content (AvgIpc) is 2.99. The van der Waals surface area contributed by atoms with Crippen LogP contribution in [0.5, 0.6) is 0 Å². The van der Waals surface area contributed by atoms with Gasteiger partial charge in [-0.3, -0.25) is 0 Å². The van der Waals surface area contributed by atoms with Crippen LogP contribution in [-0.4, -0.2) is 9.97 Å². The Morgan fingerprint density at radius 1 is 1.13 bits per heavy atom. The number of thiazole rings is 1. The molecule has 0 saturated carbocycles. The normalized spacial score (nSPS) is 11.0. The number of nitrogens with zero attached hydrogens (tertiary/aromatic N) is 2. The largest absolute Gasteiger partial charge is 0.380 e. The van der Waals surface area contributed by atoms with Crippen LogP contribution in [0.25, 0.3) is 11.3 Å². The summed E-state index contributed by atoms with van der Waals surface area (Å²) in [5.41, 5.74) is 2.03. The van der Waals surface area contributed by atoms with Crippen LogP contribution < -0.4 is 5.32 Å². The average molecular weight is 352 g/mol. The SMILES string of the molecule is FC(F)c1cccc(-c2ccc(NCc3cnc(Cl)s3)cc2)n1. The highest BCUT2D eigenvalue weighted by Gasteiger charge is 2.09. The Morgan fingerprint density at radius 2 is 1.91 bits per heavy atom. The van der Waals surface area contributed by atoms with Gasteiger partial charge in [-0.2, -0.15) is 0 Å². The number of anilines is 1. The lowest BCUT2D eigenvalue weighted by Gasteiger charge is -2.07. The molecular formula is C16H12ClF2N3S. The van der Waals surface area contributed by atoms with Crippen molar-refractivity contribution in [1.29, 1.82) is 0 Å². The van der Waals surface area contributed by atoms with Gasteiger partial charge in [0.25, 0.3) is 6.43 Å². The van der Waals surface area contributed by atoms with Crippen molar-refractivity contribution in [3.05, 3.63) is 63.7 Å². The first kappa shape index (κ1) is 15.8. The first-order chi connectivity index (χ1) is 11.1. The van der Waals surface area contributed by atoms with Gasteiger partial charge in [-0.1, -0.05) is 29.8 Å². The van der Waals surface area contributed by atoms with Crippen LogP contribution in [0.3, 0.4) is 0 Å². The number of benzene rings is 1. The Morgan fingerprint density at radius 3 is 2.57 bits per heavy atom. The fourth-order valence-electron chi connectivity index (χ4n) is 2.05. The Kier molecular flexibility index (Phi) is 4.83. The molecule has 0 aliphatic carbocycles. The lowest BCUT2D eigenvalue weighted by atomic mass is 10.1. The molecule has 3 nitrogen and oxygen atoms in total. The zero-order valence-electron chi connectivity index (χ0n) is 11.8. The van der Waals surface area contributed by atoms with Crippen molar-refractivity contribution in [2.45, 2.75) is 13.0 Å². The molecule has 2 aromatic heterocycles. The summed E-state index contributed by atoms with van der Waals surface area (Å²) in [6, 6.07) is 12.1. The maximum absolute atomic E-state index is 12.7. The number of rotatable bonds is 5. The van der Waals surface area contributed by atoms with Crippen molar-refractivity contribution in [3.63, 3.8) is 0 Å². The number of aromatic nitrogens is 2. The molecule has 118 valence electrons. The standard InChI is InChI=1S/C16H12ClF2N3S/c17-16-21-9-12(23-16)8-20-11-6-4-10(5-7-11)13-2-1-3-14(22-13)15(18)19/h1-7,9,15,20H,8H2. The quantitative estimate of drug-likeness (QED) is 0.668. The Balaban J connectivity index is 1.70. The predicted molar refractivity (Wildman–Crippen MR) is 89.1 cm³/mol. The van der Waals surface area contributed by atoms with Crippen LogP contribution in [0.2, 0.25) is 4.47 Å². The molecule has 7 heteroatoms. The molecule has 3 rings (SSSR count). The summed E-state index contributed by atoms with van der Waals surface area (Å²) in [4.78, 5) is 8.99. The van der Waals surface area contributed by atoms with Crippen LogP contribution in [0, 0.1) is 0 Å². The fraction of sp³-hybridized carbons (Fsp3) is 0.125. The minimum atomic E-state index is -2.57. The first-order valence-electron chi connectivity index (χ1n) is 6.81. The summed E-state index contributed by atoms with van der Waals surface area (Å²) >= 11 is 7.21. The van der Waals surface area contributed by atoms with Crippen molar-refractivity contribution in [2.24, 2.45) is 0 Å². The summed E-state index contributed by atoms with van der Waals surface area (Å²) in [5.74, 6) is 0. The third-order valence-electron chi connectivity index (χ3n) is 3.17. The Bertz CT molecular complexity index is 790. The summed E-state index contributed by atoms with van der Waals surface area (Å²) in [6.07, 6.45) is -0.837. The minimum absolute atomic E-state index is 0.216. The van der Waals surface area contributed by atoms with Gasteiger partial charge in [-0.15, -0.1) is 11.3 Å². The van der Waals surface area contributed by atoms with Gasteiger partial charge < -0.3 is 5.32 Å². The maximum Gasteiger partial charge on any atom is 0.280 e. The topological polar surface area (TPSA) is 37.8 Å². The van der Waals surface area contributed by atoms with Gasteiger partial charge in [0, 0.05) is 22.3 Å². The number of pyridine rings is 1. The van der Waals surface area contributed by atoms with Gasteiger partial charge in [0.1, 0.15) is 5.69 Å². The smallest absolute Gasteiger partial charge is 0.280 e. The van der Waals surface area contributed by atoms with E-state index < -0.39 is 6.43 Å². The highest BCUT2D eigenvalue weighted by atomic mass is 35.5. The van der Waals surface area contributed by atoms with E-state index in [0.29, 0.717) is 16.7 Å². The van der Waals surface area contributed by atoms with Gasteiger partial charge >= 0.3 is 0 Å². The van der Waals surface area contributed by atoms with E-state index in [4.69, 9.17) is 11.6 Å². The molecule has 0 radical (unpaired) electrons. The molecule has 0 aliphatic heterocycles. The highest BCUT2D eigenvalue weighted by Crippen LogP contribution is 2.24.